The Morgan fingerprint density at radius 3 is 2.67 bits per heavy atom. The van der Waals surface area contributed by atoms with Crippen LogP contribution in [0, 0.1) is 0 Å². The third-order valence-electron chi connectivity index (χ3n) is 4.03. The second-order valence-electron chi connectivity index (χ2n) is 5.62. The topological polar surface area (TPSA) is 55.9 Å². The van der Waals surface area contributed by atoms with E-state index in [9.17, 15) is 9.59 Å². The van der Waals surface area contributed by atoms with Crippen molar-refractivity contribution in [3.63, 3.8) is 0 Å². The van der Waals surface area contributed by atoms with E-state index in [-0.39, 0.29) is 18.4 Å². The normalized spacial score (nSPS) is 20.0. The molecule has 1 N–H and O–H groups in total. The first-order valence-corrected chi connectivity index (χ1v) is 7.23. The van der Waals surface area contributed by atoms with Gasteiger partial charge in [-0.25, -0.2) is 0 Å². The molecule has 21 heavy (non-hydrogen) atoms. The van der Waals surface area contributed by atoms with Crippen molar-refractivity contribution >= 4 is 23.2 Å². The maximum atomic E-state index is 12.5. The summed E-state index contributed by atoms with van der Waals surface area (Å²) in [5, 5.41) is 2.80. The number of hydrogen-bond donors (Lipinski definition) is 1. The standard InChI is InChI=1S/C15H20N4O2/c1-17-6-8-18(9-7-17)11-15(21)19-10-14(20)16-12-4-2-3-5-13(12)19/h2-5H,6-11H2,1H3,(H,16,20). The lowest BCUT2D eigenvalue weighted by Gasteiger charge is -2.34. The molecule has 0 unspecified atom stereocenters. The average molecular weight is 288 g/mol. The largest absolute Gasteiger partial charge is 0.323 e. The Hall–Kier alpha value is -1.92. The number of piperazine rings is 1. The van der Waals surface area contributed by atoms with Gasteiger partial charge in [0, 0.05) is 26.2 Å². The Kier molecular flexibility index (Phi) is 3.90. The van der Waals surface area contributed by atoms with Gasteiger partial charge in [0.25, 0.3) is 0 Å². The van der Waals surface area contributed by atoms with Crippen LogP contribution in [-0.4, -0.2) is 67.9 Å². The summed E-state index contributed by atoms with van der Waals surface area (Å²) in [6.07, 6.45) is 0. The van der Waals surface area contributed by atoms with E-state index in [2.05, 4.69) is 22.2 Å². The first kappa shape index (κ1) is 14.0. The summed E-state index contributed by atoms with van der Waals surface area (Å²) in [5.74, 6) is -0.151. The molecule has 0 atom stereocenters. The molecule has 2 heterocycles. The molecule has 0 aliphatic carbocycles. The van der Waals surface area contributed by atoms with Crippen LogP contribution in [0.15, 0.2) is 24.3 Å². The number of carbonyl (C=O) groups is 2. The third-order valence-corrected chi connectivity index (χ3v) is 4.03. The van der Waals surface area contributed by atoms with Crippen LogP contribution in [0.1, 0.15) is 0 Å². The number of carbonyl (C=O) groups excluding carboxylic acids is 2. The number of likely N-dealkylation sites (N-methyl/N-ethyl adjacent to an activating group) is 1. The minimum atomic E-state index is -0.138. The fourth-order valence-electron chi connectivity index (χ4n) is 2.74. The number of para-hydroxylation sites is 2. The molecule has 6 heteroatoms. The Labute approximate surface area is 124 Å². The van der Waals surface area contributed by atoms with Gasteiger partial charge in [0.2, 0.25) is 11.8 Å². The predicted molar refractivity (Wildman–Crippen MR) is 81.4 cm³/mol. The molecule has 0 radical (unpaired) electrons. The van der Waals surface area contributed by atoms with Crippen molar-refractivity contribution in [3.8, 4) is 0 Å². The van der Waals surface area contributed by atoms with Gasteiger partial charge in [0.15, 0.2) is 0 Å². The van der Waals surface area contributed by atoms with E-state index >= 15 is 0 Å². The maximum absolute atomic E-state index is 12.5. The van der Waals surface area contributed by atoms with Gasteiger partial charge in [-0.1, -0.05) is 12.1 Å². The molecule has 0 bridgehead atoms. The highest BCUT2D eigenvalue weighted by Crippen LogP contribution is 2.28. The molecule has 0 aromatic heterocycles. The van der Waals surface area contributed by atoms with Crippen LogP contribution in [0.25, 0.3) is 0 Å². The van der Waals surface area contributed by atoms with Crippen LogP contribution in [-0.2, 0) is 9.59 Å². The van der Waals surface area contributed by atoms with Crippen LogP contribution in [0.3, 0.4) is 0 Å². The van der Waals surface area contributed by atoms with Crippen LogP contribution >= 0.6 is 0 Å². The van der Waals surface area contributed by atoms with Gasteiger partial charge in [0.1, 0.15) is 6.54 Å². The highest BCUT2D eigenvalue weighted by Gasteiger charge is 2.28. The number of benzene rings is 1. The van der Waals surface area contributed by atoms with E-state index in [0.717, 1.165) is 31.9 Å². The van der Waals surface area contributed by atoms with Crippen molar-refractivity contribution in [3.05, 3.63) is 24.3 Å². The number of rotatable bonds is 2. The molecule has 2 aliphatic rings. The van der Waals surface area contributed by atoms with Crippen molar-refractivity contribution in [2.24, 2.45) is 0 Å². The van der Waals surface area contributed by atoms with Gasteiger partial charge in [-0.05, 0) is 19.2 Å². The molecule has 2 aliphatic heterocycles. The van der Waals surface area contributed by atoms with E-state index in [1.54, 1.807) is 4.90 Å². The molecule has 112 valence electrons. The molecule has 2 amide bonds. The second kappa shape index (κ2) is 5.83. The monoisotopic (exact) mass is 288 g/mol. The molecule has 3 rings (SSSR count). The average Bonchev–Trinajstić information content (AvgIpc) is 2.48. The molecular weight excluding hydrogens is 268 g/mol. The summed E-state index contributed by atoms with van der Waals surface area (Å²) < 4.78 is 0. The van der Waals surface area contributed by atoms with Gasteiger partial charge < -0.3 is 10.2 Å². The lowest BCUT2D eigenvalue weighted by molar-refractivity contribution is -0.123. The lowest BCUT2D eigenvalue weighted by atomic mass is 10.2. The minimum absolute atomic E-state index is 0.0122. The smallest absolute Gasteiger partial charge is 0.244 e. The highest BCUT2D eigenvalue weighted by atomic mass is 16.2. The van der Waals surface area contributed by atoms with Crippen molar-refractivity contribution in [1.82, 2.24) is 9.80 Å². The molecule has 1 aromatic carbocycles. The fourth-order valence-corrected chi connectivity index (χ4v) is 2.74. The van der Waals surface area contributed by atoms with Crippen molar-refractivity contribution < 1.29 is 9.59 Å². The maximum Gasteiger partial charge on any atom is 0.244 e. The molecule has 0 spiro atoms. The Balaban J connectivity index is 1.71. The minimum Gasteiger partial charge on any atom is -0.323 e. The number of nitrogens with zero attached hydrogens (tertiary/aromatic N) is 3. The van der Waals surface area contributed by atoms with E-state index in [1.807, 2.05) is 24.3 Å². The highest BCUT2D eigenvalue weighted by molar-refractivity contribution is 6.10. The van der Waals surface area contributed by atoms with Crippen molar-refractivity contribution in [1.29, 1.82) is 0 Å². The molecule has 0 saturated carbocycles. The quantitative estimate of drug-likeness (QED) is 0.846. The van der Waals surface area contributed by atoms with E-state index in [4.69, 9.17) is 0 Å². The zero-order chi connectivity index (χ0) is 14.8. The van der Waals surface area contributed by atoms with E-state index in [1.165, 1.54) is 0 Å². The number of hydrogen-bond acceptors (Lipinski definition) is 4. The van der Waals surface area contributed by atoms with Crippen molar-refractivity contribution in [2.75, 3.05) is 56.5 Å². The molecular formula is C15H20N4O2. The van der Waals surface area contributed by atoms with Gasteiger partial charge in [-0.3, -0.25) is 19.4 Å². The van der Waals surface area contributed by atoms with Gasteiger partial charge in [-0.15, -0.1) is 0 Å². The SMILES string of the molecule is CN1CCN(CC(=O)N2CC(=O)Nc3ccccc32)CC1. The summed E-state index contributed by atoms with van der Waals surface area (Å²) in [6, 6.07) is 7.43. The van der Waals surface area contributed by atoms with E-state index in [0.29, 0.717) is 12.2 Å². The first-order chi connectivity index (χ1) is 10.1. The fraction of sp³-hybridized carbons (Fsp3) is 0.467. The van der Waals surface area contributed by atoms with Crippen LogP contribution in [0.4, 0.5) is 11.4 Å². The predicted octanol–water partition coefficient (Wildman–Crippen LogP) is 0.219. The summed E-state index contributed by atoms with van der Waals surface area (Å²) in [7, 11) is 2.09. The van der Waals surface area contributed by atoms with Crippen LogP contribution in [0.2, 0.25) is 0 Å². The molecule has 1 fully saturated rings. The summed E-state index contributed by atoms with van der Waals surface area (Å²) >= 11 is 0. The summed E-state index contributed by atoms with van der Waals surface area (Å²) in [4.78, 5) is 30.3. The molecule has 1 aromatic rings. The first-order valence-electron chi connectivity index (χ1n) is 7.23. The summed E-state index contributed by atoms with van der Waals surface area (Å²) in [6.45, 7) is 4.21. The zero-order valence-electron chi connectivity index (χ0n) is 12.2. The zero-order valence-corrected chi connectivity index (χ0v) is 12.2. The Bertz CT molecular complexity index is 552. The third kappa shape index (κ3) is 3.06. The number of nitrogens with one attached hydrogen (secondary N) is 1. The number of fused-ring (bicyclic) bond motifs is 1. The molecule has 6 nitrogen and oxygen atoms in total. The Morgan fingerprint density at radius 2 is 1.90 bits per heavy atom. The number of anilines is 2. The van der Waals surface area contributed by atoms with E-state index < -0.39 is 0 Å². The number of amides is 2. The van der Waals surface area contributed by atoms with Gasteiger partial charge in [0.05, 0.1) is 17.9 Å². The van der Waals surface area contributed by atoms with Gasteiger partial charge >= 0.3 is 0 Å². The lowest BCUT2D eigenvalue weighted by Crippen LogP contribution is -2.51. The van der Waals surface area contributed by atoms with Crippen molar-refractivity contribution in [2.45, 2.75) is 0 Å². The Morgan fingerprint density at radius 1 is 1.19 bits per heavy atom. The second-order valence-corrected chi connectivity index (χ2v) is 5.62. The van der Waals surface area contributed by atoms with Crippen LogP contribution in [0.5, 0.6) is 0 Å². The molecule has 1 saturated heterocycles. The van der Waals surface area contributed by atoms with Crippen LogP contribution < -0.4 is 10.2 Å². The summed E-state index contributed by atoms with van der Waals surface area (Å²) in [5.41, 5.74) is 1.50. The van der Waals surface area contributed by atoms with Gasteiger partial charge in [-0.2, -0.15) is 0 Å².